The molecule has 1 amide bonds. The van der Waals surface area contributed by atoms with Gasteiger partial charge in [0.1, 0.15) is 11.7 Å². The largest absolute Gasteiger partial charge is 0.467 e. The molecule has 1 heterocycles. The highest BCUT2D eigenvalue weighted by Crippen LogP contribution is 2.10. The van der Waals surface area contributed by atoms with Crippen molar-refractivity contribution in [3.8, 4) is 0 Å². The topological polar surface area (TPSA) is 68.3 Å². The fraction of sp³-hybridized carbons (Fsp3) is 0.545. The molecule has 0 saturated heterocycles. The highest BCUT2D eigenvalue weighted by molar-refractivity contribution is 7.09. The van der Waals surface area contributed by atoms with E-state index >= 15 is 0 Å². The predicted octanol–water partition coefficient (Wildman–Crippen LogP) is 1.38. The lowest BCUT2D eigenvalue weighted by molar-refractivity contribution is -0.144. The summed E-state index contributed by atoms with van der Waals surface area (Å²) in [5, 5.41) is 5.11. The summed E-state index contributed by atoms with van der Waals surface area (Å²) < 4.78 is 4.64. The third-order valence-electron chi connectivity index (χ3n) is 2.26. The summed E-state index contributed by atoms with van der Waals surface area (Å²) in [4.78, 5) is 27.4. The lowest BCUT2D eigenvalue weighted by Gasteiger charge is -2.19. The van der Waals surface area contributed by atoms with Gasteiger partial charge in [-0.3, -0.25) is 4.79 Å². The maximum absolute atomic E-state index is 11.8. The van der Waals surface area contributed by atoms with Crippen molar-refractivity contribution in [2.45, 2.75) is 26.8 Å². The standard InChI is InChI=1S/C11H16N2O3S/c1-6(2)9(11(15)16-4)13-10(14)8-5-17-7(3)12-8/h5-6,9H,1-4H3,(H,13,14)/t9-/m0/s1. The number of ether oxygens (including phenoxy) is 1. The fourth-order valence-corrected chi connectivity index (χ4v) is 1.90. The lowest BCUT2D eigenvalue weighted by Crippen LogP contribution is -2.45. The Morgan fingerprint density at radius 2 is 2.12 bits per heavy atom. The zero-order valence-electron chi connectivity index (χ0n) is 10.3. The predicted molar refractivity (Wildman–Crippen MR) is 65.0 cm³/mol. The number of nitrogens with zero attached hydrogens (tertiary/aromatic N) is 1. The molecular weight excluding hydrogens is 240 g/mol. The molecule has 1 aromatic heterocycles. The molecule has 1 atom stereocenters. The molecule has 0 spiro atoms. The molecule has 0 aliphatic heterocycles. The van der Waals surface area contributed by atoms with Gasteiger partial charge in [-0.1, -0.05) is 13.8 Å². The smallest absolute Gasteiger partial charge is 0.328 e. The first kappa shape index (κ1) is 13.6. The number of hydrogen-bond donors (Lipinski definition) is 1. The third kappa shape index (κ3) is 3.52. The summed E-state index contributed by atoms with van der Waals surface area (Å²) in [6.45, 7) is 5.50. The molecule has 1 N–H and O–H groups in total. The lowest BCUT2D eigenvalue weighted by atomic mass is 10.0. The molecule has 0 unspecified atom stereocenters. The monoisotopic (exact) mass is 256 g/mol. The van der Waals surface area contributed by atoms with Crippen LogP contribution in [-0.2, 0) is 9.53 Å². The van der Waals surface area contributed by atoms with Gasteiger partial charge >= 0.3 is 5.97 Å². The number of hydrogen-bond acceptors (Lipinski definition) is 5. The number of thiazole rings is 1. The van der Waals surface area contributed by atoms with Crippen molar-refractivity contribution in [1.82, 2.24) is 10.3 Å². The molecule has 0 fully saturated rings. The number of carbonyl (C=O) groups excluding carboxylic acids is 2. The van der Waals surface area contributed by atoms with Crippen molar-refractivity contribution in [2.24, 2.45) is 5.92 Å². The summed E-state index contributed by atoms with van der Waals surface area (Å²) in [5.74, 6) is -0.829. The Hall–Kier alpha value is -1.43. The highest BCUT2D eigenvalue weighted by Gasteiger charge is 2.25. The van der Waals surface area contributed by atoms with Crippen LogP contribution >= 0.6 is 11.3 Å². The van der Waals surface area contributed by atoms with Crippen molar-refractivity contribution in [3.05, 3.63) is 16.1 Å². The summed E-state index contributed by atoms with van der Waals surface area (Å²) in [6.07, 6.45) is 0. The van der Waals surface area contributed by atoms with Crippen molar-refractivity contribution >= 4 is 23.2 Å². The Labute approximate surface area is 104 Å². The van der Waals surface area contributed by atoms with Crippen LogP contribution in [0.5, 0.6) is 0 Å². The minimum absolute atomic E-state index is 0.0360. The van der Waals surface area contributed by atoms with Crippen molar-refractivity contribution in [1.29, 1.82) is 0 Å². The molecule has 0 saturated carbocycles. The molecule has 0 bridgehead atoms. The first-order chi connectivity index (χ1) is 7.95. The quantitative estimate of drug-likeness (QED) is 0.826. The SMILES string of the molecule is COC(=O)[C@@H](NC(=O)c1csc(C)n1)C(C)C. The number of carbonyl (C=O) groups is 2. The maximum atomic E-state index is 11.8. The van der Waals surface area contributed by atoms with E-state index in [9.17, 15) is 9.59 Å². The number of rotatable bonds is 4. The van der Waals surface area contributed by atoms with E-state index in [4.69, 9.17) is 0 Å². The van der Waals surface area contributed by atoms with Gasteiger partial charge in [-0.15, -0.1) is 11.3 Å². The van der Waals surface area contributed by atoms with Crippen molar-refractivity contribution in [2.75, 3.05) is 7.11 Å². The van der Waals surface area contributed by atoms with E-state index in [0.29, 0.717) is 5.69 Å². The van der Waals surface area contributed by atoms with Gasteiger partial charge in [0.15, 0.2) is 0 Å². The Kier molecular flexibility index (Phi) is 4.62. The zero-order valence-corrected chi connectivity index (χ0v) is 11.1. The molecule has 0 radical (unpaired) electrons. The highest BCUT2D eigenvalue weighted by atomic mass is 32.1. The Morgan fingerprint density at radius 1 is 1.47 bits per heavy atom. The molecule has 1 aromatic rings. The van der Waals surface area contributed by atoms with Crippen LogP contribution in [0, 0.1) is 12.8 Å². The molecule has 5 nitrogen and oxygen atoms in total. The van der Waals surface area contributed by atoms with E-state index < -0.39 is 12.0 Å². The van der Waals surface area contributed by atoms with E-state index in [-0.39, 0.29) is 11.8 Å². The molecule has 0 aliphatic carbocycles. The second kappa shape index (κ2) is 5.77. The van der Waals surface area contributed by atoms with Crippen molar-refractivity contribution in [3.63, 3.8) is 0 Å². The number of esters is 1. The van der Waals surface area contributed by atoms with Crippen molar-refractivity contribution < 1.29 is 14.3 Å². The first-order valence-corrected chi connectivity index (χ1v) is 6.14. The third-order valence-corrected chi connectivity index (χ3v) is 3.03. The van der Waals surface area contributed by atoms with E-state index in [2.05, 4.69) is 15.0 Å². The number of aromatic nitrogens is 1. The molecule has 17 heavy (non-hydrogen) atoms. The van der Waals surface area contributed by atoms with Crippen LogP contribution in [0.2, 0.25) is 0 Å². The molecule has 0 aromatic carbocycles. The molecule has 0 aliphatic rings. The minimum Gasteiger partial charge on any atom is -0.467 e. The Balaban J connectivity index is 2.74. The van der Waals surface area contributed by atoms with Crippen LogP contribution in [0.3, 0.4) is 0 Å². The first-order valence-electron chi connectivity index (χ1n) is 5.26. The zero-order chi connectivity index (χ0) is 13.0. The summed E-state index contributed by atoms with van der Waals surface area (Å²) in [7, 11) is 1.30. The van der Waals surface area contributed by atoms with Crippen LogP contribution in [0.4, 0.5) is 0 Å². The van der Waals surface area contributed by atoms with Crippen LogP contribution < -0.4 is 5.32 Å². The fourth-order valence-electron chi connectivity index (χ4n) is 1.31. The second-order valence-corrected chi connectivity index (χ2v) is 5.03. The summed E-state index contributed by atoms with van der Waals surface area (Å²) in [6, 6.07) is -0.644. The van der Waals surface area contributed by atoms with E-state index in [0.717, 1.165) is 5.01 Å². The molecule has 1 rings (SSSR count). The summed E-state index contributed by atoms with van der Waals surface area (Å²) in [5.41, 5.74) is 0.335. The van der Waals surface area contributed by atoms with Crippen LogP contribution in [0.25, 0.3) is 0 Å². The van der Waals surface area contributed by atoms with Gasteiger partial charge < -0.3 is 10.1 Å². The average molecular weight is 256 g/mol. The number of aryl methyl sites for hydroxylation is 1. The molecular formula is C11H16N2O3S. The second-order valence-electron chi connectivity index (χ2n) is 3.97. The summed E-state index contributed by atoms with van der Waals surface area (Å²) >= 11 is 1.39. The van der Waals surface area contributed by atoms with Gasteiger partial charge in [-0.2, -0.15) is 0 Å². The number of methoxy groups -OCH3 is 1. The van der Waals surface area contributed by atoms with E-state index in [1.54, 1.807) is 5.38 Å². The van der Waals surface area contributed by atoms with Gasteiger partial charge in [-0.25, -0.2) is 9.78 Å². The van der Waals surface area contributed by atoms with E-state index in [1.165, 1.54) is 18.4 Å². The molecule has 6 heteroatoms. The number of amides is 1. The molecule has 94 valence electrons. The van der Waals surface area contributed by atoms with Gasteiger partial charge in [0.25, 0.3) is 5.91 Å². The van der Waals surface area contributed by atoms with Crippen LogP contribution in [0.15, 0.2) is 5.38 Å². The minimum atomic E-state index is -0.644. The Morgan fingerprint density at radius 3 is 2.53 bits per heavy atom. The van der Waals surface area contributed by atoms with Gasteiger partial charge in [0.2, 0.25) is 0 Å². The maximum Gasteiger partial charge on any atom is 0.328 e. The van der Waals surface area contributed by atoms with Gasteiger partial charge in [0, 0.05) is 5.38 Å². The van der Waals surface area contributed by atoms with Crippen LogP contribution in [-0.4, -0.2) is 30.0 Å². The normalized spacial score (nSPS) is 12.3. The number of nitrogens with one attached hydrogen (secondary N) is 1. The van der Waals surface area contributed by atoms with Gasteiger partial charge in [0.05, 0.1) is 12.1 Å². The van der Waals surface area contributed by atoms with Gasteiger partial charge in [-0.05, 0) is 12.8 Å². The Bertz CT molecular complexity index is 415. The average Bonchev–Trinajstić information content (AvgIpc) is 2.71. The van der Waals surface area contributed by atoms with Crippen LogP contribution in [0.1, 0.15) is 29.3 Å². The van der Waals surface area contributed by atoms with E-state index in [1.807, 2.05) is 20.8 Å².